The quantitative estimate of drug-likeness (QED) is 0.848. The minimum absolute atomic E-state index is 0.0405. The van der Waals surface area contributed by atoms with E-state index in [-0.39, 0.29) is 30.6 Å². The Morgan fingerprint density at radius 3 is 3.00 bits per heavy atom. The van der Waals surface area contributed by atoms with Gasteiger partial charge in [0.05, 0.1) is 12.1 Å². The number of likely N-dealkylation sites (tertiary alicyclic amines) is 1. The van der Waals surface area contributed by atoms with E-state index in [1.54, 1.807) is 16.2 Å². The molecule has 3 rings (SSSR count). The van der Waals surface area contributed by atoms with Crippen molar-refractivity contribution in [3.05, 3.63) is 22.4 Å². The molecule has 2 atom stereocenters. The lowest BCUT2D eigenvalue weighted by Gasteiger charge is -2.37. The molecule has 3 heterocycles. The molecular formula is C16H22N2O3S. The summed E-state index contributed by atoms with van der Waals surface area (Å²) in [6.45, 7) is 1.61. The summed E-state index contributed by atoms with van der Waals surface area (Å²) < 4.78 is 5.66. The fourth-order valence-corrected chi connectivity index (χ4v) is 3.97. The van der Waals surface area contributed by atoms with E-state index >= 15 is 0 Å². The smallest absolute Gasteiger partial charge is 0.248 e. The van der Waals surface area contributed by atoms with Crippen molar-refractivity contribution in [1.29, 1.82) is 0 Å². The van der Waals surface area contributed by atoms with Gasteiger partial charge in [0.2, 0.25) is 11.8 Å². The first-order valence-corrected chi connectivity index (χ1v) is 8.70. The molecule has 0 radical (unpaired) electrons. The largest absolute Gasteiger partial charge is 0.366 e. The second-order valence-corrected chi connectivity index (χ2v) is 6.99. The Kier molecular flexibility index (Phi) is 4.78. The third kappa shape index (κ3) is 3.33. The van der Waals surface area contributed by atoms with Crippen molar-refractivity contribution in [2.45, 2.75) is 37.8 Å². The number of fused-ring (bicyclic) bond motifs is 1. The predicted molar refractivity (Wildman–Crippen MR) is 84.8 cm³/mol. The van der Waals surface area contributed by atoms with Crippen LogP contribution in [0.3, 0.4) is 0 Å². The van der Waals surface area contributed by atoms with Gasteiger partial charge >= 0.3 is 0 Å². The van der Waals surface area contributed by atoms with Gasteiger partial charge in [-0.1, -0.05) is 6.07 Å². The second-order valence-electron chi connectivity index (χ2n) is 5.96. The van der Waals surface area contributed by atoms with Crippen LogP contribution in [0.5, 0.6) is 0 Å². The monoisotopic (exact) mass is 322 g/mol. The molecule has 6 heteroatoms. The van der Waals surface area contributed by atoms with E-state index in [0.29, 0.717) is 13.0 Å². The van der Waals surface area contributed by atoms with Gasteiger partial charge in [0, 0.05) is 31.4 Å². The molecule has 0 aliphatic carbocycles. The third-order valence-electron chi connectivity index (χ3n) is 4.64. The van der Waals surface area contributed by atoms with E-state index in [1.807, 2.05) is 23.4 Å². The lowest BCUT2D eigenvalue weighted by molar-refractivity contribution is -0.154. The molecule has 0 bridgehead atoms. The van der Waals surface area contributed by atoms with Gasteiger partial charge in [0.1, 0.15) is 6.61 Å². The zero-order valence-electron chi connectivity index (χ0n) is 12.9. The molecule has 1 aromatic rings. The first-order valence-electron chi connectivity index (χ1n) is 7.82. The van der Waals surface area contributed by atoms with E-state index < -0.39 is 0 Å². The van der Waals surface area contributed by atoms with Crippen LogP contribution in [-0.2, 0) is 20.7 Å². The Bertz CT molecular complexity index is 532. The molecule has 0 spiro atoms. The normalized spacial score (nSPS) is 25.8. The minimum atomic E-state index is 0.0405. The van der Waals surface area contributed by atoms with E-state index in [1.165, 1.54) is 4.88 Å². The second kappa shape index (κ2) is 6.79. The summed E-state index contributed by atoms with van der Waals surface area (Å²) >= 11 is 1.70. The summed E-state index contributed by atoms with van der Waals surface area (Å²) in [4.78, 5) is 29.1. The summed E-state index contributed by atoms with van der Waals surface area (Å²) in [6, 6.07) is 4.20. The molecule has 2 saturated heterocycles. The van der Waals surface area contributed by atoms with Gasteiger partial charge in [-0.25, -0.2) is 0 Å². The Morgan fingerprint density at radius 1 is 1.41 bits per heavy atom. The van der Waals surface area contributed by atoms with E-state index in [9.17, 15) is 9.59 Å². The Labute approximate surface area is 134 Å². The highest BCUT2D eigenvalue weighted by Crippen LogP contribution is 2.23. The molecule has 1 aromatic heterocycles. The molecular weight excluding hydrogens is 300 g/mol. The molecule has 0 saturated carbocycles. The van der Waals surface area contributed by atoms with Crippen molar-refractivity contribution in [3.8, 4) is 0 Å². The standard InChI is InChI=1S/C16H22N2O3S/c1-17-13-6-8-18(9-7-14(13)21-11-16(17)20)15(19)5-4-12-3-2-10-22-12/h2-3,10,13-14H,4-9,11H2,1H3/t13-,14-/m0/s1. The average Bonchev–Trinajstić information content (AvgIpc) is 2.94. The van der Waals surface area contributed by atoms with Gasteiger partial charge in [-0.2, -0.15) is 0 Å². The van der Waals surface area contributed by atoms with E-state index in [2.05, 4.69) is 6.07 Å². The summed E-state index contributed by atoms with van der Waals surface area (Å²) in [5, 5.41) is 2.04. The van der Waals surface area contributed by atoms with Crippen LogP contribution in [-0.4, -0.2) is 60.5 Å². The summed E-state index contributed by atoms with van der Waals surface area (Å²) in [5.74, 6) is 0.250. The number of hydrogen-bond donors (Lipinski definition) is 0. The van der Waals surface area contributed by atoms with Crippen LogP contribution in [0.15, 0.2) is 17.5 Å². The number of carbonyl (C=O) groups is 2. The van der Waals surface area contributed by atoms with Gasteiger partial charge in [0.25, 0.3) is 0 Å². The number of carbonyl (C=O) groups excluding carboxylic acids is 2. The number of morpholine rings is 1. The molecule has 2 aliphatic heterocycles. The average molecular weight is 322 g/mol. The first-order chi connectivity index (χ1) is 10.6. The lowest BCUT2D eigenvalue weighted by atomic mass is 10.0. The Balaban J connectivity index is 1.55. The summed E-state index contributed by atoms with van der Waals surface area (Å²) in [6.07, 6.45) is 3.06. The van der Waals surface area contributed by atoms with Crippen LogP contribution in [0.2, 0.25) is 0 Å². The molecule has 120 valence electrons. The van der Waals surface area contributed by atoms with Gasteiger partial charge in [-0.05, 0) is 30.7 Å². The van der Waals surface area contributed by atoms with Crippen LogP contribution in [0, 0.1) is 0 Å². The molecule has 0 aromatic carbocycles. The number of nitrogens with zero attached hydrogens (tertiary/aromatic N) is 2. The molecule has 22 heavy (non-hydrogen) atoms. The van der Waals surface area contributed by atoms with Crippen LogP contribution in [0.4, 0.5) is 0 Å². The van der Waals surface area contributed by atoms with E-state index in [4.69, 9.17) is 4.74 Å². The third-order valence-corrected chi connectivity index (χ3v) is 5.57. The zero-order valence-corrected chi connectivity index (χ0v) is 13.7. The number of likely N-dealkylation sites (N-methyl/N-ethyl adjacent to an activating group) is 1. The van der Waals surface area contributed by atoms with Gasteiger partial charge < -0.3 is 14.5 Å². The van der Waals surface area contributed by atoms with Gasteiger partial charge in [-0.15, -0.1) is 11.3 Å². The highest BCUT2D eigenvalue weighted by atomic mass is 32.1. The number of hydrogen-bond acceptors (Lipinski definition) is 4. The molecule has 0 N–H and O–H groups in total. The maximum atomic E-state index is 12.4. The molecule has 2 fully saturated rings. The van der Waals surface area contributed by atoms with Crippen molar-refractivity contribution >= 4 is 23.2 Å². The summed E-state index contributed by atoms with van der Waals surface area (Å²) in [7, 11) is 1.84. The Morgan fingerprint density at radius 2 is 2.23 bits per heavy atom. The molecule has 2 aliphatic rings. The lowest BCUT2D eigenvalue weighted by Crippen LogP contribution is -2.52. The van der Waals surface area contributed by atoms with Gasteiger partial charge in [-0.3, -0.25) is 9.59 Å². The van der Waals surface area contributed by atoms with Crippen LogP contribution < -0.4 is 0 Å². The van der Waals surface area contributed by atoms with Crippen molar-refractivity contribution in [3.63, 3.8) is 0 Å². The number of amides is 2. The first kappa shape index (κ1) is 15.5. The van der Waals surface area contributed by atoms with Crippen LogP contribution in [0.25, 0.3) is 0 Å². The number of rotatable bonds is 3. The number of ether oxygens (including phenoxy) is 1. The molecule has 0 unspecified atom stereocenters. The zero-order chi connectivity index (χ0) is 15.5. The van der Waals surface area contributed by atoms with Crippen LogP contribution >= 0.6 is 11.3 Å². The highest BCUT2D eigenvalue weighted by Gasteiger charge is 2.36. The minimum Gasteiger partial charge on any atom is -0.366 e. The van der Waals surface area contributed by atoms with E-state index in [0.717, 1.165) is 25.8 Å². The van der Waals surface area contributed by atoms with Crippen molar-refractivity contribution in [2.75, 3.05) is 26.7 Å². The number of aryl methyl sites for hydroxylation is 1. The predicted octanol–water partition coefficient (Wildman–Crippen LogP) is 1.53. The summed E-state index contributed by atoms with van der Waals surface area (Å²) in [5.41, 5.74) is 0. The van der Waals surface area contributed by atoms with Crippen molar-refractivity contribution in [1.82, 2.24) is 9.80 Å². The fourth-order valence-electron chi connectivity index (χ4n) is 3.26. The fraction of sp³-hybridized carbons (Fsp3) is 0.625. The molecule has 5 nitrogen and oxygen atoms in total. The topological polar surface area (TPSA) is 49.9 Å². The van der Waals surface area contributed by atoms with Crippen molar-refractivity contribution in [2.24, 2.45) is 0 Å². The Hall–Kier alpha value is -1.40. The highest BCUT2D eigenvalue weighted by molar-refractivity contribution is 7.09. The van der Waals surface area contributed by atoms with Crippen molar-refractivity contribution < 1.29 is 14.3 Å². The maximum absolute atomic E-state index is 12.4. The molecule has 2 amide bonds. The van der Waals surface area contributed by atoms with Gasteiger partial charge in [0.15, 0.2) is 0 Å². The van der Waals surface area contributed by atoms with Crippen LogP contribution in [0.1, 0.15) is 24.1 Å². The maximum Gasteiger partial charge on any atom is 0.248 e. The SMILES string of the molecule is CN1C(=O)CO[C@H]2CCN(C(=O)CCc3cccs3)CC[C@@H]21. The number of thiophene rings is 1.